The molecule has 0 saturated carbocycles. The van der Waals surface area contributed by atoms with Crippen molar-refractivity contribution in [1.82, 2.24) is 0 Å². The highest BCUT2D eigenvalue weighted by atomic mass is 35.5. The molecule has 36 heavy (non-hydrogen) atoms. The van der Waals surface area contributed by atoms with Crippen LogP contribution in [-0.4, -0.2) is 29.9 Å². The molecule has 1 heterocycles. The lowest BCUT2D eigenvalue weighted by Gasteiger charge is -2.15. The average molecular weight is 559 g/mol. The molecule has 0 aliphatic carbocycles. The minimum absolute atomic E-state index is 0.189. The van der Waals surface area contributed by atoms with E-state index in [0.29, 0.717) is 31.4 Å². The Kier molecular flexibility index (Phi) is 8.21. The Morgan fingerprint density at radius 3 is 2.64 bits per heavy atom. The van der Waals surface area contributed by atoms with Crippen LogP contribution in [0.3, 0.4) is 0 Å². The second-order valence-electron chi connectivity index (χ2n) is 7.70. The van der Waals surface area contributed by atoms with E-state index in [1.807, 2.05) is 31.2 Å². The molecule has 2 amide bonds. The normalized spacial score (nSPS) is 14.3. The summed E-state index contributed by atoms with van der Waals surface area (Å²) >= 11 is 18.8. The number of nitrogens with zero attached hydrogens (tertiary/aromatic N) is 1. The third-order valence-electron chi connectivity index (χ3n) is 5.12. The van der Waals surface area contributed by atoms with Crippen molar-refractivity contribution in [1.29, 1.82) is 0 Å². The monoisotopic (exact) mass is 558 g/mol. The average Bonchev–Trinajstić information content (AvgIpc) is 3.13. The molecule has 6 nitrogen and oxygen atoms in total. The molecule has 1 saturated heterocycles. The fraction of sp³-hybridized carbons (Fsp3) is 0.115. The van der Waals surface area contributed by atoms with Gasteiger partial charge in [-0.1, -0.05) is 71.4 Å². The van der Waals surface area contributed by atoms with Gasteiger partial charge in [-0.3, -0.25) is 14.5 Å². The number of ether oxygens (including phenoxy) is 2. The molecule has 0 bridgehead atoms. The van der Waals surface area contributed by atoms with Crippen molar-refractivity contribution >= 4 is 80.8 Å². The zero-order chi connectivity index (χ0) is 25.8. The summed E-state index contributed by atoms with van der Waals surface area (Å²) in [5.74, 6) is 0.178. The summed E-state index contributed by atoms with van der Waals surface area (Å²) in [6.45, 7) is 1.69. The van der Waals surface area contributed by atoms with Gasteiger partial charge in [0.15, 0.2) is 22.4 Å². The number of benzene rings is 3. The van der Waals surface area contributed by atoms with Crippen LogP contribution in [0.5, 0.6) is 11.5 Å². The molecule has 1 fully saturated rings. The van der Waals surface area contributed by atoms with Gasteiger partial charge in [0.25, 0.3) is 11.8 Å². The van der Waals surface area contributed by atoms with Crippen molar-refractivity contribution in [2.75, 3.05) is 23.9 Å². The van der Waals surface area contributed by atoms with Gasteiger partial charge in [-0.2, -0.15) is 0 Å². The van der Waals surface area contributed by atoms with Crippen LogP contribution in [0.15, 0.2) is 65.6 Å². The molecule has 10 heteroatoms. The lowest BCUT2D eigenvalue weighted by molar-refractivity contribution is -0.118. The van der Waals surface area contributed by atoms with Crippen molar-refractivity contribution in [3.05, 3.63) is 86.7 Å². The van der Waals surface area contributed by atoms with Crippen molar-refractivity contribution < 1.29 is 19.1 Å². The molecule has 0 spiro atoms. The molecular weight excluding hydrogens is 539 g/mol. The van der Waals surface area contributed by atoms with Gasteiger partial charge >= 0.3 is 0 Å². The Hall–Kier alpha value is -3.04. The van der Waals surface area contributed by atoms with Crippen LogP contribution in [0, 0.1) is 6.92 Å². The number of carbonyl (C=O) groups excluding carboxylic acids is 2. The van der Waals surface area contributed by atoms with E-state index in [0.717, 1.165) is 16.8 Å². The first-order valence-corrected chi connectivity index (χ1v) is 12.6. The quantitative estimate of drug-likeness (QED) is 0.256. The molecule has 3 aromatic carbocycles. The number of carbonyl (C=O) groups is 2. The van der Waals surface area contributed by atoms with Crippen LogP contribution in [0.4, 0.5) is 11.4 Å². The van der Waals surface area contributed by atoms with Gasteiger partial charge in [0, 0.05) is 0 Å². The van der Waals surface area contributed by atoms with Gasteiger partial charge in [-0.25, -0.2) is 0 Å². The van der Waals surface area contributed by atoms with E-state index >= 15 is 0 Å². The SMILES string of the molecule is COc1cc(/C=C2\SC(=S)N(c3cccc(C)c3)C2=O)ccc1OCC(=O)Nc1cccc(Cl)c1Cl. The highest BCUT2D eigenvalue weighted by Crippen LogP contribution is 2.37. The maximum Gasteiger partial charge on any atom is 0.270 e. The molecule has 1 aliphatic heterocycles. The highest BCUT2D eigenvalue weighted by Gasteiger charge is 2.33. The van der Waals surface area contributed by atoms with Crippen LogP contribution in [-0.2, 0) is 9.59 Å². The minimum Gasteiger partial charge on any atom is -0.493 e. The van der Waals surface area contributed by atoms with E-state index in [2.05, 4.69) is 5.32 Å². The van der Waals surface area contributed by atoms with Crippen LogP contribution < -0.4 is 19.7 Å². The molecule has 0 atom stereocenters. The molecule has 1 aliphatic rings. The number of anilines is 2. The summed E-state index contributed by atoms with van der Waals surface area (Å²) in [5.41, 5.74) is 2.89. The first-order chi connectivity index (χ1) is 17.3. The van der Waals surface area contributed by atoms with E-state index < -0.39 is 5.91 Å². The fourth-order valence-corrected chi connectivity index (χ4v) is 5.08. The third-order valence-corrected chi connectivity index (χ3v) is 7.24. The number of thiocarbonyl (C=S) groups is 1. The lowest BCUT2D eigenvalue weighted by atomic mass is 10.1. The molecule has 3 aromatic rings. The fourth-order valence-electron chi connectivity index (χ4n) is 3.43. The summed E-state index contributed by atoms with van der Waals surface area (Å²) in [4.78, 5) is 27.4. The van der Waals surface area contributed by atoms with Gasteiger partial charge in [-0.05, 0) is 60.5 Å². The summed E-state index contributed by atoms with van der Waals surface area (Å²) in [7, 11) is 1.50. The first-order valence-electron chi connectivity index (χ1n) is 10.7. The Morgan fingerprint density at radius 2 is 1.89 bits per heavy atom. The lowest BCUT2D eigenvalue weighted by Crippen LogP contribution is -2.27. The predicted molar refractivity (Wildman–Crippen MR) is 150 cm³/mol. The van der Waals surface area contributed by atoms with Gasteiger partial charge in [0.1, 0.15) is 0 Å². The third kappa shape index (κ3) is 5.84. The number of amides is 2. The Balaban J connectivity index is 1.46. The maximum atomic E-state index is 13.1. The number of hydrogen-bond donors (Lipinski definition) is 1. The van der Waals surface area contributed by atoms with Crippen molar-refractivity contribution in [2.24, 2.45) is 0 Å². The summed E-state index contributed by atoms with van der Waals surface area (Å²) in [6.07, 6.45) is 1.75. The van der Waals surface area contributed by atoms with Gasteiger partial charge in [0.05, 0.1) is 33.4 Å². The van der Waals surface area contributed by atoms with Crippen molar-refractivity contribution in [3.63, 3.8) is 0 Å². The van der Waals surface area contributed by atoms with E-state index in [1.54, 1.807) is 42.5 Å². The van der Waals surface area contributed by atoms with Crippen LogP contribution in [0.2, 0.25) is 10.0 Å². The molecule has 0 unspecified atom stereocenters. The topological polar surface area (TPSA) is 67.9 Å². The van der Waals surface area contributed by atoms with Gasteiger partial charge < -0.3 is 14.8 Å². The molecule has 0 radical (unpaired) electrons. The van der Waals surface area contributed by atoms with E-state index in [-0.39, 0.29) is 17.5 Å². The van der Waals surface area contributed by atoms with E-state index in [1.165, 1.54) is 23.8 Å². The number of hydrogen-bond acceptors (Lipinski definition) is 6. The standard InChI is InChI=1S/C26H20Cl2N2O4S2/c1-15-5-3-6-17(11-15)30-25(32)22(36-26(30)35)13-16-9-10-20(21(12-16)33-2)34-14-23(31)29-19-8-4-7-18(27)24(19)28/h3-13H,14H2,1-2H3,(H,29,31)/b22-13-. The zero-order valence-corrected chi connectivity index (χ0v) is 22.4. The van der Waals surface area contributed by atoms with Crippen LogP contribution in [0.1, 0.15) is 11.1 Å². The zero-order valence-electron chi connectivity index (χ0n) is 19.2. The minimum atomic E-state index is -0.412. The number of halogens is 2. The Labute approximate surface area is 228 Å². The molecular formula is C26H20Cl2N2O4S2. The summed E-state index contributed by atoms with van der Waals surface area (Å²) < 4.78 is 11.5. The van der Waals surface area contributed by atoms with Crippen LogP contribution in [0.25, 0.3) is 6.08 Å². The maximum absolute atomic E-state index is 13.1. The van der Waals surface area contributed by atoms with E-state index in [4.69, 9.17) is 44.9 Å². The van der Waals surface area contributed by atoms with Crippen molar-refractivity contribution in [3.8, 4) is 11.5 Å². The Bertz CT molecular complexity index is 1390. The summed E-state index contributed by atoms with van der Waals surface area (Å²) in [6, 6.07) is 17.7. The molecule has 0 aromatic heterocycles. The predicted octanol–water partition coefficient (Wildman–Crippen LogP) is 6.73. The van der Waals surface area contributed by atoms with Crippen LogP contribution >= 0.6 is 47.2 Å². The van der Waals surface area contributed by atoms with Gasteiger partial charge in [-0.15, -0.1) is 0 Å². The van der Waals surface area contributed by atoms with E-state index in [9.17, 15) is 9.59 Å². The Morgan fingerprint density at radius 1 is 1.11 bits per heavy atom. The van der Waals surface area contributed by atoms with Crippen molar-refractivity contribution in [2.45, 2.75) is 6.92 Å². The smallest absolute Gasteiger partial charge is 0.270 e. The largest absolute Gasteiger partial charge is 0.493 e. The first kappa shape index (κ1) is 26.0. The highest BCUT2D eigenvalue weighted by molar-refractivity contribution is 8.27. The molecule has 4 rings (SSSR count). The number of aryl methyl sites for hydroxylation is 1. The number of thioether (sulfide) groups is 1. The second kappa shape index (κ2) is 11.3. The number of rotatable bonds is 7. The summed E-state index contributed by atoms with van der Waals surface area (Å²) in [5, 5.41) is 3.25. The second-order valence-corrected chi connectivity index (χ2v) is 10.2. The molecule has 184 valence electrons. The number of nitrogens with one attached hydrogen (secondary N) is 1. The number of methoxy groups -OCH3 is 1. The van der Waals surface area contributed by atoms with Gasteiger partial charge in [0.2, 0.25) is 0 Å². The molecule has 1 N–H and O–H groups in total.